The number of rotatable bonds is 12. The molecule has 0 bridgehead atoms. The van der Waals surface area contributed by atoms with Crippen molar-refractivity contribution in [2.75, 3.05) is 20.3 Å². The van der Waals surface area contributed by atoms with E-state index < -0.39 is 18.3 Å². The molecule has 0 aliphatic carbocycles. The van der Waals surface area contributed by atoms with Crippen LogP contribution in [0.4, 0.5) is 0 Å². The fraction of sp³-hybridized carbons (Fsp3) is 1.00. The molecule has 4 atom stereocenters. The van der Waals surface area contributed by atoms with E-state index in [1.807, 2.05) is 0 Å². The van der Waals surface area contributed by atoms with Crippen LogP contribution >= 0.6 is 0 Å². The monoisotopic (exact) mass is 276 g/mol. The average Bonchev–Trinajstić information content (AvgIpc) is 2.35. The highest BCUT2D eigenvalue weighted by Gasteiger charge is 2.26. The second-order valence-electron chi connectivity index (χ2n) is 5.33. The zero-order valence-electron chi connectivity index (χ0n) is 13.0. The number of aliphatic hydroxyl groups excluding tert-OH is 2. The Labute approximate surface area is 118 Å². The van der Waals surface area contributed by atoms with Gasteiger partial charge in [0.2, 0.25) is 0 Å². The number of methoxy groups -OCH3 is 1. The third kappa shape index (κ3) is 8.58. The Balaban J connectivity index is 4.15. The van der Waals surface area contributed by atoms with Crippen molar-refractivity contribution in [2.45, 2.75) is 71.2 Å². The van der Waals surface area contributed by atoms with Crippen molar-refractivity contribution in [1.82, 2.24) is 0 Å². The quantitative estimate of drug-likeness (QED) is 0.537. The molecular formula is C15H32O4. The maximum Gasteiger partial charge on any atom is 0.108 e. The Morgan fingerprint density at radius 2 is 1.79 bits per heavy atom. The summed E-state index contributed by atoms with van der Waals surface area (Å²) < 4.78 is 10.8. The minimum absolute atomic E-state index is 0.327. The molecule has 0 aromatic carbocycles. The van der Waals surface area contributed by atoms with Gasteiger partial charge in [-0.2, -0.15) is 0 Å². The number of unbranched alkanes of at least 4 members (excludes halogenated alkanes) is 1. The molecule has 0 heterocycles. The van der Waals surface area contributed by atoms with Crippen LogP contribution in [0.15, 0.2) is 0 Å². The predicted octanol–water partition coefficient (Wildman–Crippen LogP) is 2.37. The molecule has 0 spiro atoms. The standard InChI is InChI=1S/C15H32O4/c1-5-7-9-19-11-13(8-6-2)10-14(17)15(18-4)12(3)16/h12-17H,5-11H2,1-4H3. The van der Waals surface area contributed by atoms with E-state index in [9.17, 15) is 10.2 Å². The summed E-state index contributed by atoms with van der Waals surface area (Å²) in [7, 11) is 1.52. The highest BCUT2D eigenvalue weighted by molar-refractivity contribution is 4.76. The zero-order chi connectivity index (χ0) is 14.7. The zero-order valence-corrected chi connectivity index (χ0v) is 13.0. The third-order valence-corrected chi connectivity index (χ3v) is 3.39. The topological polar surface area (TPSA) is 58.9 Å². The minimum atomic E-state index is -0.664. The first kappa shape index (κ1) is 18.8. The van der Waals surface area contributed by atoms with E-state index in [4.69, 9.17) is 9.47 Å². The molecule has 0 rings (SSSR count). The molecular weight excluding hydrogens is 244 g/mol. The van der Waals surface area contributed by atoms with E-state index in [0.29, 0.717) is 18.9 Å². The molecule has 0 radical (unpaired) electrons. The smallest absolute Gasteiger partial charge is 0.108 e. The second-order valence-corrected chi connectivity index (χ2v) is 5.33. The lowest BCUT2D eigenvalue weighted by molar-refractivity contribution is -0.0852. The van der Waals surface area contributed by atoms with Crippen LogP contribution in [0, 0.1) is 5.92 Å². The summed E-state index contributed by atoms with van der Waals surface area (Å²) in [4.78, 5) is 0. The lowest BCUT2D eigenvalue weighted by Gasteiger charge is -2.27. The van der Waals surface area contributed by atoms with E-state index in [1.54, 1.807) is 6.92 Å². The Morgan fingerprint density at radius 3 is 2.26 bits per heavy atom. The molecule has 2 N–H and O–H groups in total. The van der Waals surface area contributed by atoms with Gasteiger partial charge in [0, 0.05) is 20.3 Å². The SMILES string of the molecule is CCCCOCC(CCC)CC(O)C(OC)C(C)O. The van der Waals surface area contributed by atoms with E-state index in [1.165, 1.54) is 7.11 Å². The van der Waals surface area contributed by atoms with Crippen molar-refractivity contribution in [3.05, 3.63) is 0 Å². The lowest BCUT2D eigenvalue weighted by Crippen LogP contribution is -2.39. The molecule has 0 aromatic heterocycles. The van der Waals surface area contributed by atoms with Gasteiger partial charge < -0.3 is 19.7 Å². The summed E-state index contributed by atoms with van der Waals surface area (Å²) in [5, 5.41) is 19.7. The largest absolute Gasteiger partial charge is 0.391 e. The molecule has 0 saturated carbocycles. The number of ether oxygens (including phenoxy) is 2. The van der Waals surface area contributed by atoms with Gasteiger partial charge in [-0.1, -0.05) is 26.7 Å². The van der Waals surface area contributed by atoms with E-state index >= 15 is 0 Å². The fourth-order valence-electron chi connectivity index (χ4n) is 2.33. The van der Waals surface area contributed by atoms with Crippen LogP contribution in [-0.4, -0.2) is 48.8 Å². The molecule has 19 heavy (non-hydrogen) atoms. The van der Waals surface area contributed by atoms with Gasteiger partial charge in [-0.15, -0.1) is 0 Å². The van der Waals surface area contributed by atoms with Crippen LogP contribution in [0.1, 0.15) is 52.9 Å². The Bertz CT molecular complexity index is 197. The summed E-state index contributed by atoms with van der Waals surface area (Å²) in [5.74, 6) is 0.327. The van der Waals surface area contributed by atoms with Gasteiger partial charge in [0.15, 0.2) is 0 Å². The van der Waals surface area contributed by atoms with Gasteiger partial charge in [0.1, 0.15) is 6.10 Å². The van der Waals surface area contributed by atoms with Gasteiger partial charge in [0.05, 0.1) is 12.2 Å². The second kappa shape index (κ2) is 11.6. The molecule has 116 valence electrons. The molecule has 0 fully saturated rings. The van der Waals surface area contributed by atoms with Crippen LogP contribution in [0.5, 0.6) is 0 Å². The van der Waals surface area contributed by atoms with Crippen molar-refractivity contribution >= 4 is 0 Å². The first-order valence-corrected chi connectivity index (χ1v) is 7.53. The van der Waals surface area contributed by atoms with Crippen LogP contribution in [0.2, 0.25) is 0 Å². The number of hydrogen-bond acceptors (Lipinski definition) is 4. The van der Waals surface area contributed by atoms with Crippen LogP contribution < -0.4 is 0 Å². The molecule has 4 heteroatoms. The normalized spacial score (nSPS) is 18.0. The fourth-order valence-corrected chi connectivity index (χ4v) is 2.33. The van der Waals surface area contributed by atoms with Crippen molar-refractivity contribution in [3.8, 4) is 0 Å². The van der Waals surface area contributed by atoms with E-state index in [0.717, 1.165) is 32.3 Å². The summed E-state index contributed by atoms with van der Waals surface area (Å²) in [6, 6.07) is 0. The Kier molecular flexibility index (Phi) is 11.6. The first-order chi connectivity index (χ1) is 9.06. The molecule has 4 nitrogen and oxygen atoms in total. The lowest BCUT2D eigenvalue weighted by atomic mass is 9.93. The minimum Gasteiger partial charge on any atom is -0.391 e. The van der Waals surface area contributed by atoms with Gasteiger partial charge in [-0.25, -0.2) is 0 Å². The van der Waals surface area contributed by atoms with Gasteiger partial charge >= 0.3 is 0 Å². The molecule has 0 aromatic rings. The summed E-state index contributed by atoms with van der Waals surface area (Å²) in [6.07, 6.45) is 3.10. The molecule has 0 saturated heterocycles. The predicted molar refractivity (Wildman–Crippen MR) is 77.2 cm³/mol. The number of aliphatic hydroxyl groups is 2. The summed E-state index contributed by atoms with van der Waals surface area (Å²) >= 11 is 0. The molecule has 0 amide bonds. The van der Waals surface area contributed by atoms with Gasteiger partial charge in [-0.3, -0.25) is 0 Å². The average molecular weight is 276 g/mol. The van der Waals surface area contributed by atoms with Crippen LogP contribution in [0.3, 0.4) is 0 Å². The van der Waals surface area contributed by atoms with Crippen molar-refractivity contribution in [3.63, 3.8) is 0 Å². The van der Waals surface area contributed by atoms with Crippen molar-refractivity contribution in [2.24, 2.45) is 5.92 Å². The Hall–Kier alpha value is -0.160. The van der Waals surface area contributed by atoms with Crippen molar-refractivity contribution in [1.29, 1.82) is 0 Å². The molecule has 4 unspecified atom stereocenters. The highest BCUT2D eigenvalue weighted by Crippen LogP contribution is 2.19. The Morgan fingerprint density at radius 1 is 1.11 bits per heavy atom. The van der Waals surface area contributed by atoms with Gasteiger partial charge in [0.25, 0.3) is 0 Å². The van der Waals surface area contributed by atoms with Gasteiger partial charge in [-0.05, 0) is 32.1 Å². The summed E-state index contributed by atoms with van der Waals surface area (Å²) in [6.45, 7) is 7.39. The molecule has 0 aliphatic rings. The highest BCUT2D eigenvalue weighted by atomic mass is 16.5. The molecule has 0 aliphatic heterocycles. The third-order valence-electron chi connectivity index (χ3n) is 3.39. The van der Waals surface area contributed by atoms with Crippen LogP contribution in [0.25, 0.3) is 0 Å². The summed E-state index contributed by atoms with van der Waals surface area (Å²) in [5.41, 5.74) is 0. The maximum absolute atomic E-state index is 10.1. The maximum atomic E-state index is 10.1. The van der Waals surface area contributed by atoms with Crippen molar-refractivity contribution < 1.29 is 19.7 Å². The van der Waals surface area contributed by atoms with E-state index in [2.05, 4.69) is 13.8 Å². The van der Waals surface area contributed by atoms with E-state index in [-0.39, 0.29) is 0 Å². The first-order valence-electron chi connectivity index (χ1n) is 7.53. The van der Waals surface area contributed by atoms with Crippen LogP contribution in [-0.2, 0) is 9.47 Å². The number of hydrogen-bond donors (Lipinski definition) is 2.